The van der Waals surface area contributed by atoms with Crippen molar-refractivity contribution in [2.24, 2.45) is 11.1 Å². The summed E-state index contributed by atoms with van der Waals surface area (Å²) in [7, 11) is 0. The van der Waals surface area contributed by atoms with Crippen molar-refractivity contribution in [3.8, 4) is 0 Å². The second-order valence-electron chi connectivity index (χ2n) is 3.71. The summed E-state index contributed by atoms with van der Waals surface area (Å²) in [6, 6.07) is 0. The third kappa shape index (κ3) is 1.98. The molecule has 0 aromatic heterocycles. The maximum Gasteiger partial charge on any atom is 0.165 e. The van der Waals surface area contributed by atoms with Crippen molar-refractivity contribution in [2.75, 3.05) is 19.8 Å². The van der Waals surface area contributed by atoms with E-state index in [2.05, 4.69) is 6.58 Å². The molecule has 0 bridgehead atoms. The standard InChI is InChI=1S/C10H17NO2/c1-8(2)9(12)10(7-11)3-5-13-6-4-10/h1,3-7,11H2,2H3. The van der Waals surface area contributed by atoms with Gasteiger partial charge in [-0.15, -0.1) is 0 Å². The number of hydrogen-bond acceptors (Lipinski definition) is 3. The molecular formula is C10H17NO2. The first-order chi connectivity index (χ1) is 6.12. The second-order valence-corrected chi connectivity index (χ2v) is 3.71. The van der Waals surface area contributed by atoms with Crippen LogP contribution < -0.4 is 5.73 Å². The molecule has 0 amide bonds. The van der Waals surface area contributed by atoms with Gasteiger partial charge in [0.1, 0.15) is 0 Å². The fraction of sp³-hybridized carbons (Fsp3) is 0.700. The van der Waals surface area contributed by atoms with Crippen molar-refractivity contribution in [2.45, 2.75) is 19.8 Å². The van der Waals surface area contributed by atoms with Crippen LogP contribution in [0.5, 0.6) is 0 Å². The number of Topliss-reactive ketones (excluding diaryl/α,β-unsaturated/α-hetero) is 1. The first kappa shape index (κ1) is 10.4. The van der Waals surface area contributed by atoms with Gasteiger partial charge < -0.3 is 10.5 Å². The maximum atomic E-state index is 11.8. The Hall–Kier alpha value is -0.670. The number of ether oxygens (including phenoxy) is 1. The fourth-order valence-electron chi connectivity index (χ4n) is 1.74. The molecule has 2 N–H and O–H groups in total. The first-order valence-corrected chi connectivity index (χ1v) is 4.60. The second kappa shape index (κ2) is 4.03. The van der Waals surface area contributed by atoms with Gasteiger partial charge >= 0.3 is 0 Å². The molecule has 0 saturated carbocycles. The molecule has 3 nitrogen and oxygen atoms in total. The van der Waals surface area contributed by atoms with Crippen LogP contribution in [-0.2, 0) is 9.53 Å². The monoisotopic (exact) mass is 183 g/mol. The zero-order valence-electron chi connectivity index (χ0n) is 8.14. The third-order valence-electron chi connectivity index (χ3n) is 2.71. The van der Waals surface area contributed by atoms with Crippen molar-refractivity contribution >= 4 is 5.78 Å². The molecule has 0 atom stereocenters. The Balaban J connectivity index is 2.78. The Morgan fingerprint density at radius 3 is 2.46 bits per heavy atom. The molecule has 1 aliphatic heterocycles. The Morgan fingerprint density at radius 1 is 1.54 bits per heavy atom. The van der Waals surface area contributed by atoms with Crippen LogP contribution in [0.25, 0.3) is 0 Å². The van der Waals surface area contributed by atoms with Gasteiger partial charge in [0.05, 0.1) is 0 Å². The number of hydrogen-bond donors (Lipinski definition) is 1. The van der Waals surface area contributed by atoms with Crippen molar-refractivity contribution < 1.29 is 9.53 Å². The van der Waals surface area contributed by atoms with Gasteiger partial charge in [0.15, 0.2) is 5.78 Å². The Kier molecular flexibility index (Phi) is 3.22. The molecule has 3 heteroatoms. The average Bonchev–Trinajstić information content (AvgIpc) is 2.17. The molecule has 1 fully saturated rings. The van der Waals surface area contributed by atoms with E-state index in [0.717, 1.165) is 12.8 Å². The van der Waals surface area contributed by atoms with E-state index in [1.807, 2.05) is 0 Å². The van der Waals surface area contributed by atoms with Crippen LogP contribution in [-0.4, -0.2) is 25.5 Å². The smallest absolute Gasteiger partial charge is 0.165 e. The molecule has 0 aliphatic carbocycles. The predicted molar refractivity (Wildman–Crippen MR) is 51.4 cm³/mol. The van der Waals surface area contributed by atoms with E-state index < -0.39 is 0 Å². The summed E-state index contributed by atoms with van der Waals surface area (Å²) in [6.45, 7) is 7.10. The maximum absolute atomic E-state index is 11.8. The zero-order chi connectivity index (χ0) is 9.90. The van der Waals surface area contributed by atoms with E-state index in [0.29, 0.717) is 25.3 Å². The lowest BCUT2D eigenvalue weighted by atomic mass is 9.74. The van der Waals surface area contributed by atoms with Crippen LogP contribution in [0, 0.1) is 5.41 Å². The third-order valence-corrected chi connectivity index (χ3v) is 2.71. The summed E-state index contributed by atoms with van der Waals surface area (Å²) >= 11 is 0. The van der Waals surface area contributed by atoms with Gasteiger partial charge in [0, 0.05) is 25.2 Å². The quantitative estimate of drug-likeness (QED) is 0.661. The molecule has 0 unspecified atom stereocenters. The molecule has 0 aromatic rings. The van der Waals surface area contributed by atoms with Crippen molar-refractivity contribution in [1.82, 2.24) is 0 Å². The minimum Gasteiger partial charge on any atom is -0.381 e. The van der Waals surface area contributed by atoms with Crippen molar-refractivity contribution in [3.05, 3.63) is 12.2 Å². The highest BCUT2D eigenvalue weighted by Gasteiger charge is 2.38. The van der Waals surface area contributed by atoms with E-state index in [1.165, 1.54) is 0 Å². The number of nitrogens with two attached hydrogens (primary N) is 1. The minimum absolute atomic E-state index is 0.110. The summed E-state index contributed by atoms with van der Waals surface area (Å²) in [6.07, 6.45) is 1.46. The minimum atomic E-state index is -0.385. The van der Waals surface area contributed by atoms with E-state index in [-0.39, 0.29) is 11.2 Å². The topological polar surface area (TPSA) is 52.3 Å². The molecule has 1 aliphatic rings. The van der Waals surface area contributed by atoms with Gasteiger partial charge in [-0.1, -0.05) is 6.58 Å². The number of carbonyl (C=O) groups is 1. The van der Waals surface area contributed by atoms with E-state index in [4.69, 9.17) is 10.5 Å². The van der Waals surface area contributed by atoms with Crippen LogP contribution in [0.15, 0.2) is 12.2 Å². The average molecular weight is 183 g/mol. The molecule has 1 rings (SSSR count). The van der Waals surface area contributed by atoms with Crippen LogP contribution in [0.3, 0.4) is 0 Å². The van der Waals surface area contributed by atoms with Crippen LogP contribution in [0.4, 0.5) is 0 Å². The predicted octanol–water partition coefficient (Wildman–Crippen LogP) is 0.887. The number of ketones is 1. The van der Waals surface area contributed by atoms with Gasteiger partial charge in [-0.2, -0.15) is 0 Å². The number of allylic oxidation sites excluding steroid dienone is 1. The first-order valence-electron chi connectivity index (χ1n) is 4.60. The fourth-order valence-corrected chi connectivity index (χ4v) is 1.74. The van der Waals surface area contributed by atoms with Gasteiger partial charge in [-0.25, -0.2) is 0 Å². The normalized spacial score (nSPS) is 21.1. The Bertz CT molecular complexity index is 217. The van der Waals surface area contributed by atoms with Gasteiger partial charge in [-0.05, 0) is 25.3 Å². The van der Waals surface area contributed by atoms with Gasteiger partial charge in [0.25, 0.3) is 0 Å². The van der Waals surface area contributed by atoms with Crippen molar-refractivity contribution in [1.29, 1.82) is 0 Å². The van der Waals surface area contributed by atoms with Crippen LogP contribution in [0.1, 0.15) is 19.8 Å². The highest BCUT2D eigenvalue weighted by Crippen LogP contribution is 2.32. The lowest BCUT2D eigenvalue weighted by Crippen LogP contribution is -2.43. The number of carbonyl (C=O) groups excluding carboxylic acids is 1. The summed E-state index contributed by atoms with van der Waals surface area (Å²) in [5.41, 5.74) is 5.88. The molecule has 0 aromatic carbocycles. The lowest BCUT2D eigenvalue weighted by Gasteiger charge is -2.34. The molecule has 13 heavy (non-hydrogen) atoms. The summed E-state index contributed by atoms with van der Waals surface area (Å²) in [4.78, 5) is 11.8. The largest absolute Gasteiger partial charge is 0.381 e. The lowest BCUT2D eigenvalue weighted by molar-refractivity contribution is -0.129. The highest BCUT2D eigenvalue weighted by molar-refractivity contribution is 5.99. The molecule has 74 valence electrons. The number of rotatable bonds is 3. The van der Waals surface area contributed by atoms with Gasteiger partial charge in [0.2, 0.25) is 0 Å². The van der Waals surface area contributed by atoms with Gasteiger partial charge in [-0.3, -0.25) is 4.79 Å². The Morgan fingerprint density at radius 2 is 2.08 bits per heavy atom. The summed E-state index contributed by atoms with van der Waals surface area (Å²) in [5.74, 6) is 0.110. The van der Waals surface area contributed by atoms with E-state index in [9.17, 15) is 4.79 Å². The molecule has 0 radical (unpaired) electrons. The Labute approximate surface area is 78.9 Å². The zero-order valence-corrected chi connectivity index (χ0v) is 8.14. The molecule has 0 spiro atoms. The molecular weight excluding hydrogens is 166 g/mol. The van der Waals surface area contributed by atoms with Crippen LogP contribution in [0.2, 0.25) is 0 Å². The SMILES string of the molecule is C=C(C)C(=O)C1(CN)CCOCC1. The van der Waals surface area contributed by atoms with E-state index in [1.54, 1.807) is 6.92 Å². The van der Waals surface area contributed by atoms with Crippen molar-refractivity contribution in [3.63, 3.8) is 0 Å². The highest BCUT2D eigenvalue weighted by atomic mass is 16.5. The molecule has 1 heterocycles. The summed E-state index contributed by atoms with van der Waals surface area (Å²) in [5, 5.41) is 0. The van der Waals surface area contributed by atoms with E-state index >= 15 is 0 Å². The summed E-state index contributed by atoms with van der Waals surface area (Å²) < 4.78 is 5.22. The molecule has 1 saturated heterocycles. The van der Waals surface area contributed by atoms with Crippen LogP contribution >= 0.6 is 0 Å².